The number of hydrogen-bond donors (Lipinski definition) is 2. The standard InChI is InChI=1S/C11H12ClF3N2O/c1-16-10(18)4-5-17-9-3-2-7(6-8(9)12)11(13,14)15/h2-3,6,17H,4-5H2,1H3,(H,16,18). The summed E-state index contributed by atoms with van der Waals surface area (Å²) in [6, 6.07) is 3.03. The fourth-order valence-corrected chi connectivity index (χ4v) is 1.52. The molecule has 0 radical (unpaired) electrons. The lowest BCUT2D eigenvalue weighted by Gasteiger charge is -2.11. The summed E-state index contributed by atoms with van der Waals surface area (Å²) >= 11 is 5.72. The average molecular weight is 281 g/mol. The van der Waals surface area contributed by atoms with Crippen LogP contribution >= 0.6 is 11.6 Å². The van der Waals surface area contributed by atoms with Gasteiger partial charge in [0.2, 0.25) is 5.91 Å². The van der Waals surface area contributed by atoms with Gasteiger partial charge in [-0.05, 0) is 18.2 Å². The van der Waals surface area contributed by atoms with E-state index in [1.54, 1.807) is 0 Å². The van der Waals surface area contributed by atoms with E-state index in [0.717, 1.165) is 12.1 Å². The summed E-state index contributed by atoms with van der Waals surface area (Å²) in [5.41, 5.74) is -0.432. The molecule has 2 N–H and O–H groups in total. The Morgan fingerprint density at radius 3 is 2.56 bits per heavy atom. The quantitative estimate of drug-likeness (QED) is 0.890. The molecule has 0 bridgehead atoms. The van der Waals surface area contributed by atoms with E-state index in [-0.39, 0.29) is 17.4 Å². The second-order valence-corrected chi connectivity index (χ2v) is 3.95. The van der Waals surface area contributed by atoms with Crippen molar-refractivity contribution in [3.8, 4) is 0 Å². The number of rotatable bonds is 4. The molecule has 0 atom stereocenters. The van der Waals surface area contributed by atoms with Crippen molar-refractivity contribution < 1.29 is 18.0 Å². The molecule has 0 spiro atoms. The molecular weight excluding hydrogens is 269 g/mol. The van der Waals surface area contributed by atoms with Gasteiger partial charge in [-0.15, -0.1) is 0 Å². The molecule has 0 aliphatic rings. The van der Waals surface area contributed by atoms with Crippen LogP contribution in [0.5, 0.6) is 0 Å². The zero-order valence-corrected chi connectivity index (χ0v) is 10.3. The number of nitrogens with one attached hydrogen (secondary N) is 2. The normalized spacial score (nSPS) is 11.2. The molecule has 0 heterocycles. The van der Waals surface area contributed by atoms with Gasteiger partial charge in [0.1, 0.15) is 0 Å². The summed E-state index contributed by atoms with van der Waals surface area (Å²) in [5, 5.41) is 5.20. The Balaban J connectivity index is 2.66. The summed E-state index contributed by atoms with van der Waals surface area (Å²) in [6.07, 6.45) is -4.20. The minimum Gasteiger partial charge on any atom is -0.383 e. The van der Waals surface area contributed by atoms with Gasteiger partial charge in [0.25, 0.3) is 0 Å². The highest BCUT2D eigenvalue weighted by atomic mass is 35.5. The van der Waals surface area contributed by atoms with Crippen molar-refractivity contribution in [3.05, 3.63) is 28.8 Å². The molecule has 18 heavy (non-hydrogen) atoms. The Morgan fingerprint density at radius 1 is 1.39 bits per heavy atom. The van der Waals surface area contributed by atoms with E-state index in [4.69, 9.17) is 11.6 Å². The van der Waals surface area contributed by atoms with E-state index in [1.165, 1.54) is 13.1 Å². The van der Waals surface area contributed by atoms with E-state index >= 15 is 0 Å². The molecule has 0 saturated carbocycles. The predicted octanol–water partition coefficient (Wildman–Crippen LogP) is 2.91. The zero-order valence-electron chi connectivity index (χ0n) is 9.57. The summed E-state index contributed by atoms with van der Waals surface area (Å²) < 4.78 is 37.1. The fraction of sp³-hybridized carbons (Fsp3) is 0.364. The zero-order chi connectivity index (χ0) is 13.8. The number of alkyl halides is 3. The lowest BCUT2D eigenvalue weighted by Crippen LogP contribution is -2.20. The van der Waals surface area contributed by atoms with Crippen LogP contribution in [0.25, 0.3) is 0 Å². The molecule has 1 rings (SSSR count). The Kier molecular flexibility index (Phi) is 4.84. The van der Waals surface area contributed by atoms with Gasteiger partial charge in [-0.1, -0.05) is 11.6 Å². The summed E-state index contributed by atoms with van der Waals surface area (Å²) in [5.74, 6) is -0.162. The number of halogens is 4. The van der Waals surface area contributed by atoms with Crippen molar-refractivity contribution in [2.75, 3.05) is 18.9 Å². The van der Waals surface area contributed by atoms with Gasteiger partial charge in [0.15, 0.2) is 0 Å². The van der Waals surface area contributed by atoms with Crippen LogP contribution in [-0.2, 0) is 11.0 Å². The van der Waals surface area contributed by atoms with Crippen LogP contribution in [0.2, 0.25) is 5.02 Å². The maximum absolute atomic E-state index is 12.4. The second-order valence-electron chi connectivity index (χ2n) is 3.54. The molecule has 0 aromatic heterocycles. The fourth-order valence-electron chi connectivity index (χ4n) is 1.27. The van der Waals surface area contributed by atoms with Crippen molar-refractivity contribution in [1.29, 1.82) is 0 Å². The summed E-state index contributed by atoms with van der Waals surface area (Å²) in [6.45, 7) is 0.296. The van der Waals surface area contributed by atoms with E-state index in [9.17, 15) is 18.0 Å². The largest absolute Gasteiger partial charge is 0.416 e. The predicted molar refractivity (Wildman–Crippen MR) is 63.6 cm³/mol. The maximum atomic E-state index is 12.4. The highest BCUT2D eigenvalue weighted by Crippen LogP contribution is 2.33. The van der Waals surface area contributed by atoms with Crippen LogP contribution in [-0.4, -0.2) is 19.5 Å². The lowest BCUT2D eigenvalue weighted by molar-refractivity contribution is -0.137. The topological polar surface area (TPSA) is 41.1 Å². The van der Waals surface area contributed by atoms with Gasteiger partial charge in [0, 0.05) is 20.0 Å². The van der Waals surface area contributed by atoms with Gasteiger partial charge < -0.3 is 10.6 Å². The van der Waals surface area contributed by atoms with E-state index in [2.05, 4.69) is 10.6 Å². The first-order chi connectivity index (χ1) is 8.34. The SMILES string of the molecule is CNC(=O)CCNc1ccc(C(F)(F)F)cc1Cl. The first kappa shape index (κ1) is 14.6. The molecule has 0 aliphatic carbocycles. The molecule has 100 valence electrons. The highest BCUT2D eigenvalue weighted by molar-refractivity contribution is 6.33. The summed E-state index contributed by atoms with van der Waals surface area (Å²) in [4.78, 5) is 10.9. The van der Waals surface area contributed by atoms with Gasteiger partial charge >= 0.3 is 6.18 Å². The van der Waals surface area contributed by atoms with Crippen LogP contribution in [0.1, 0.15) is 12.0 Å². The monoisotopic (exact) mass is 280 g/mol. The number of benzene rings is 1. The number of carbonyl (C=O) groups excluding carboxylic acids is 1. The maximum Gasteiger partial charge on any atom is 0.416 e. The van der Waals surface area contributed by atoms with Crippen LogP contribution in [0.15, 0.2) is 18.2 Å². The third kappa shape index (κ3) is 4.10. The Bertz CT molecular complexity index is 435. The Labute approximate surface area is 107 Å². The number of carbonyl (C=O) groups is 1. The molecule has 0 fully saturated rings. The summed E-state index contributed by atoms with van der Waals surface area (Å²) in [7, 11) is 1.51. The smallest absolute Gasteiger partial charge is 0.383 e. The Morgan fingerprint density at radius 2 is 2.06 bits per heavy atom. The molecule has 7 heteroatoms. The van der Waals surface area contributed by atoms with Gasteiger partial charge in [-0.2, -0.15) is 13.2 Å². The van der Waals surface area contributed by atoms with Gasteiger partial charge in [-0.25, -0.2) is 0 Å². The third-order valence-electron chi connectivity index (χ3n) is 2.24. The van der Waals surface area contributed by atoms with E-state index in [0.29, 0.717) is 12.2 Å². The molecule has 1 amide bonds. The van der Waals surface area contributed by atoms with Crippen molar-refractivity contribution in [3.63, 3.8) is 0 Å². The lowest BCUT2D eigenvalue weighted by atomic mass is 10.2. The van der Waals surface area contributed by atoms with E-state index in [1.807, 2.05) is 0 Å². The van der Waals surface area contributed by atoms with Crippen molar-refractivity contribution in [2.24, 2.45) is 0 Å². The molecule has 0 saturated heterocycles. The van der Waals surface area contributed by atoms with Crippen LogP contribution in [0.4, 0.5) is 18.9 Å². The molecule has 0 unspecified atom stereocenters. The van der Waals surface area contributed by atoms with E-state index < -0.39 is 11.7 Å². The highest BCUT2D eigenvalue weighted by Gasteiger charge is 2.30. The molecule has 3 nitrogen and oxygen atoms in total. The van der Waals surface area contributed by atoms with Crippen molar-refractivity contribution in [1.82, 2.24) is 5.32 Å². The van der Waals surface area contributed by atoms with Gasteiger partial charge in [0.05, 0.1) is 16.3 Å². The van der Waals surface area contributed by atoms with Crippen LogP contribution in [0, 0.1) is 0 Å². The van der Waals surface area contributed by atoms with Crippen LogP contribution < -0.4 is 10.6 Å². The first-order valence-corrected chi connectivity index (χ1v) is 5.53. The molecular formula is C11H12ClF3N2O. The number of hydrogen-bond acceptors (Lipinski definition) is 2. The minimum absolute atomic E-state index is 0.0262. The average Bonchev–Trinajstić information content (AvgIpc) is 2.29. The number of anilines is 1. The van der Waals surface area contributed by atoms with Crippen molar-refractivity contribution >= 4 is 23.2 Å². The first-order valence-electron chi connectivity index (χ1n) is 5.16. The second kappa shape index (κ2) is 5.95. The third-order valence-corrected chi connectivity index (χ3v) is 2.56. The molecule has 1 aromatic carbocycles. The number of amides is 1. The minimum atomic E-state index is -4.41. The molecule has 0 aliphatic heterocycles. The Hall–Kier alpha value is -1.43. The van der Waals surface area contributed by atoms with Crippen molar-refractivity contribution in [2.45, 2.75) is 12.6 Å². The van der Waals surface area contributed by atoms with Crippen LogP contribution in [0.3, 0.4) is 0 Å². The molecule has 1 aromatic rings. The van der Waals surface area contributed by atoms with Gasteiger partial charge in [-0.3, -0.25) is 4.79 Å².